The zero-order valence-corrected chi connectivity index (χ0v) is 12.4. The summed E-state index contributed by atoms with van der Waals surface area (Å²) in [5.41, 5.74) is 8.72. The second kappa shape index (κ2) is 5.54. The molecule has 0 spiro atoms. The Labute approximate surface area is 126 Å². The van der Waals surface area contributed by atoms with Crippen LogP contribution in [0, 0.1) is 0 Å². The molecule has 0 aliphatic heterocycles. The zero-order chi connectivity index (χ0) is 14.8. The Morgan fingerprint density at radius 2 is 2.14 bits per heavy atom. The van der Waals surface area contributed by atoms with E-state index < -0.39 is 0 Å². The Morgan fingerprint density at radius 3 is 2.90 bits per heavy atom. The van der Waals surface area contributed by atoms with Gasteiger partial charge in [0.2, 0.25) is 0 Å². The summed E-state index contributed by atoms with van der Waals surface area (Å²) < 4.78 is 0. The third-order valence-electron chi connectivity index (χ3n) is 3.37. The van der Waals surface area contributed by atoms with Crippen molar-refractivity contribution in [3.8, 4) is 0 Å². The van der Waals surface area contributed by atoms with Gasteiger partial charge < -0.3 is 11.1 Å². The lowest BCUT2D eigenvalue weighted by Gasteiger charge is -2.13. The van der Waals surface area contributed by atoms with Crippen LogP contribution in [0.4, 0.5) is 5.69 Å². The van der Waals surface area contributed by atoms with Gasteiger partial charge in [0.1, 0.15) is 5.69 Å². The molecule has 0 saturated carbocycles. The molecule has 21 heavy (non-hydrogen) atoms. The lowest BCUT2D eigenvalue weighted by atomic mass is 10.1. The minimum absolute atomic E-state index is 0.0572. The first-order chi connectivity index (χ1) is 10.1. The normalized spacial score (nSPS) is 12.2. The molecule has 4 nitrogen and oxygen atoms in total. The number of pyridine rings is 1. The van der Waals surface area contributed by atoms with E-state index in [4.69, 9.17) is 5.73 Å². The number of para-hydroxylation sites is 1. The molecule has 0 radical (unpaired) electrons. The molecule has 0 bridgehead atoms. The average Bonchev–Trinajstić information content (AvgIpc) is 3.01. The minimum Gasteiger partial charge on any atom is -0.398 e. The van der Waals surface area contributed by atoms with E-state index in [0.717, 1.165) is 16.5 Å². The van der Waals surface area contributed by atoms with Gasteiger partial charge in [0.05, 0.1) is 11.6 Å². The number of nitrogens with one attached hydrogen (secondary N) is 1. The number of carbonyl (C=O) groups excluding carboxylic acids is 1. The number of amides is 1. The Bertz CT molecular complexity index is 783. The summed E-state index contributed by atoms with van der Waals surface area (Å²) in [5.74, 6) is -0.217. The van der Waals surface area contributed by atoms with Crippen LogP contribution in [0.15, 0.2) is 47.2 Å². The highest BCUT2D eigenvalue weighted by molar-refractivity contribution is 7.07. The van der Waals surface area contributed by atoms with Crippen LogP contribution in [0.3, 0.4) is 0 Å². The minimum atomic E-state index is -0.217. The van der Waals surface area contributed by atoms with E-state index in [1.165, 1.54) is 0 Å². The fraction of sp³-hybridized carbons (Fsp3) is 0.125. The first-order valence-electron chi connectivity index (χ1n) is 6.63. The number of thiophene rings is 1. The van der Waals surface area contributed by atoms with Gasteiger partial charge in [-0.1, -0.05) is 18.2 Å². The summed E-state index contributed by atoms with van der Waals surface area (Å²) in [4.78, 5) is 16.7. The number of aromatic nitrogens is 1. The molecule has 3 rings (SSSR count). The van der Waals surface area contributed by atoms with E-state index in [2.05, 4.69) is 10.3 Å². The third-order valence-corrected chi connectivity index (χ3v) is 4.07. The van der Waals surface area contributed by atoms with Crippen LogP contribution in [0.1, 0.15) is 29.0 Å². The summed E-state index contributed by atoms with van der Waals surface area (Å²) >= 11 is 1.61. The average molecular weight is 297 g/mol. The maximum Gasteiger partial charge on any atom is 0.270 e. The summed E-state index contributed by atoms with van der Waals surface area (Å²) in [5, 5.41) is 7.81. The quantitative estimate of drug-likeness (QED) is 0.779. The van der Waals surface area contributed by atoms with Crippen LogP contribution >= 0.6 is 11.3 Å². The number of hydrogen-bond acceptors (Lipinski definition) is 4. The number of carbonyl (C=O) groups is 1. The van der Waals surface area contributed by atoms with E-state index in [0.29, 0.717) is 11.4 Å². The SMILES string of the molecule is CC(NC(=O)c1cc(N)c2ccccc2n1)c1ccsc1. The molecule has 2 heterocycles. The third kappa shape index (κ3) is 2.73. The molecule has 0 aliphatic carbocycles. The Balaban J connectivity index is 1.88. The van der Waals surface area contributed by atoms with E-state index in [1.54, 1.807) is 17.4 Å². The van der Waals surface area contributed by atoms with Gasteiger partial charge in [-0.15, -0.1) is 0 Å². The van der Waals surface area contributed by atoms with Crippen LogP contribution in [0.25, 0.3) is 10.9 Å². The maximum atomic E-state index is 12.3. The molecule has 3 aromatic rings. The Hall–Kier alpha value is -2.40. The van der Waals surface area contributed by atoms with Crippen molar-refractivity contribution in [1.82, 2.24) is 10.3 Å². The predicted octanol–water partition coefficient (Wildman–Crippen LogP) is 3.37. The molecule has 106 valence electrons. The number of nitrogens with two attached hydrogens (primary N) is 1. The van der Waals surface area contributed by atoms with Crippen LogP contribution < -0.4 is 11.1 Å². The second-order valence-electron chi connectivity index (χ2n) is 4.87. The molecule has 0 saturated heterocycles. The summed E-state index contributed by atoms with van der Waals surface area (Å²) in [7, 11) is 0. The molecule has 3 N–H and O–H groups in total. The maximum absolute atomic E-state index is 12.3. The van der Waals surface area contributed by atoms with E-state index in [-0.39, 0.29) is 11.9 Å². The Kier molecular flexibility index (Phi) is 3.58. The highest BCUT2D eigenvalue weighted by Crippen LogP contribution is 2.21. The van der Waals surface area contributed by atoms with Gasteiger partial charge in [0.15, 0.2) is 0 Å². The molecule has 1 unspecified atom stereocenters. The lowest BCUT2D eigenvalue weighted by molar-refractivity contribution is 0.0935. The zero-order valence-electron chi connectivity index (χ0n) is 11.5. The van der Waals surface area contributed by atoms with Gasteiger partial charge in [0, 0.05) is 11.1 Å². The highest BCUT2D eigenvalue weighted by Gasteiger charge is 2.14. The number of anilines is 1. The van der Waals surface area contributed by atoms with Crippen LogP contribution in [-0.4, -0.2) is 10.9 Å². The molecule has 0 fully saturated rings. The van der Waals surface area contributed by atoms with Crippen molar-refractivity contribution < 1.29 is 4.79 Å². The first-order valence-corrected chi connectivity index (χ1v) is 7.57. The predicted molar refractivity (Wildman–Crippen MR) is 86.4 cm³/mol. The largest absolute Gasteiger partial charge is 0.398 e. The number of benzene rings is 1. The molecule has 0 aliphatic rings. The molecule has 2 aromatic heterocycles. The van der Waals surface area contributed by atoms with Gasteiger partial charge in [-0.2, -0.15) is 11.3 Å². The van der Waals surface area contributed by atoms with Gasteiger partial charge in [0.25, 0.3) is 5.91 Å². The van der Waals surface area contributed by atoms with Crippen LogP contribution in [0.2, 0.25) is 0 Å². The van der Waals surface area contributed by atoms with Crippen LogP contribution in [0.5, 0.6) is 0 Å². The van der Waals surface area contributed by atoms with Gasteiger partial charge in [-0.25, -0.2) is 4.98 Å². The smallest absolute Gasteiger partial charge is 0.270 e. The molecule has 1 amide bonds. The number of nitrogen functional groups attached to an aromatic ring is 1. The molecule has 5 heteroatoms. The van der Waals surface area contributed by atoms with Crippen molar-refractivity contribution in [2.45, 2.75) is 13.0 Å². The second-order valence-corrected chi connectivity index (χ2v) is 5.65. The van der Waals surface area contributed by atoms with Crippen molar-refractivity contribution in [2.24, 2.45) is 0 Å². The van der Waals surface area contributed by atoms with E-state index >= 15 is 0 Å². The van der Waals surface area contributed by atoms with Gasteiger partial charge in [-0.3, -0.25) is 4.79 Å². The monoisotopic (exact) mass is 297 g/mol. The van der Waals surface area contributed by atoms with Gasteiger partial charge in [-0.05, 0) is 41.4 Å². The topological polar surface area (TPSA) is 68.0 Å². The van der Waals surface area contributed by atoms with E-state index in [9.17, 15) is 4.79 Å². The first kappa shape index (κ1) is 13.6. The molecular weight excluding hydrogens is 282 g/mol. The van der Waals surface area contributed by atoms with Crippen LogP contribution in [-0.2, 0) is 0 Å². The lowest BCUT2D eigenvalue weighted by Crippen LogP contribution is -2.27. The van der Waals surface area contributed by atoms with Crippen molar-refractivity contribution >= 4 is 33.8 Å². The summed E-state index contributed by atoms with van der Waals surface area (Å²) in [6.45, 7) is 1.95. The number of fused-ring (bicyclic) bond motifs is 1. The molecular formula is C16H15N3OS. The molecule has 1 aromatic carbocycles. The number of rotatable bonds is 3. The Morgan fingerprint density at radius 1 is 1.33 bits per heavy atom. The molecule has 1 atom stereocenters. The van der Waals surface area contributed by atoms with Crippen molar-refractivity contribution in [2.75, 3.05) is 5.73 Å². The number of hydrogen-bond donors (Lipinski definition) is 2. The summed E-state index contributed by atoms with van der Waals surface area (Å²) in [6, 6.07) is 11.1. The fourth-order valence-corrected chi connectivity index (χ4v) is 2.95. The van der Waals surface area contributed by atoms with Crippen molar-refractivity contribution in [3.63, 3.8) is 0 Å². The standard InChI is InChI=1S/C16H15N3OS/c1-10(11-6-7-21-9-11)18-16(20)15-8-13(17)12-4-2-3-5-14(12)19-15/h2-10H,1H3,(H2,17,19)(H,18,20). The highest BCUT2D eigenvalue weighted by atomic mass is 32.1. The fourth-order valence-electron chi connectivity index (χ4n) is 2.19. The van der Waals surface area contributed by atoms with Gasteiger partial charge >= 0.3 is 0 Å². The number of nitrogens with zero attached hydrogens (tertiary/aromatic N) is 1. The van der Waals surface area contributed by atoms with Crippen molar-refractivity contribution in [3.05, 3.63) is 58.4 Å². The van der Waals surface area contributed by atoms with Crippen molar-refractivity contribution in [1.29, 1.82) is 0 Å². The van der Waals surface area contributed by atoms with E-state index in [1.807, 2.05) is 48.0 Å². The summed E-state index contributed by atoms with van der Waals surface area (Å²) in [6.07, 6.45) is 0.